The first-order valence-electron chi connectivity index (χ1n) is 15.0. The molecule has 0 rings (SSSR count). The van der Waals surface area contributed by atoms with Crippen molar-refractivity contribution in [3.05, 3.63) is 0 Å². The minimum Gasteiger partial charge on any atom is -0.324 e. The Morgan fingerprint density at radius 1 is 0.611 bits per heavy atom. The summed E-state index contributed by atoms with van der Waals surface area (Å²) in [7, 11) is -6.69. The van der Waals surface area contributed by atoms with Crippen LogP contribution in [0.2, 0.25) is 0 Å². The van der Waals surface area contributed by atoms with E-state index in [1.54, 1.807) is 0 Å². The summed E-state index contributed by atoms with van der Waals surface area (Å²) in [4.78, 5) is 17.5. The first kappa shape index (κ1) is 38.4. The lowest BCUT2D eigenvalue weighted by Crippen LogP contribution is -2.11. The summed E-state index contributed by atoms with van der Waals surface area (Å²) in [6.07, 6.45) is 18.3. The Hall–Kier alpha value is 0.300. The van der Waals surface area contributed by atoms with Gasteiger partial charge in [-0.3, -0.25) is 9.13 Å². The Kier molecular flexibility index (Phi) is 27.3. The summed E-state index contributed by atoms with van der Waals surface area (Å²) in [5, 5.41) is 0. The van der Waals surface area contributed by atoms with Crippen LogP contribution in [0.1, 0.15) is 144 Å². The summed E-state index contributed by atoms with van der Waals surface area (Å²) < 4.78 is 35.4. The van der Waals surface area contributed by atoms with Gasteiger partial charge in [0.15, 0.2) is 0 Å². The van der Waals surface area contributed by atoms with Gasteiger partial charge >= 0.3 is 15.2 Å². The molecule has 0 aliphatic heterocycles. The summed E-state index contributed by atoms with van der Waals surface area (Å²) in [5.41, 5.74) is 0. The lowest BCUT2D eigenvalue weighted by Gasteiger charge is -2.22. The van der Waals surface area contributed by atoms with Crippen molar-refractivity contribution >= 4 is 15.2 Å². The van der Waals surface area contributed by atoms with Crippen LogP contribution >= 0.6 is 15.2 Å². The molecule has 6 nitrogen and oxygen atoms in total. The van der Waals surface area contributed by atoms with Crippen molar-refractivity contribution in [1.29, 1.82) is 0 Å². The van der Waals surface area contributed by atoms with Crippen LogP contribution in [0, 0.1) is 11.8 Å². The van der Waals surface area contributed by atoms with Gasteiger partial charge in [0.25, 0.3) is 0 Å². The van der Waals surface area contributed by atoms with Gasteiger partial charge in [-0.2, -0.15) is 0 Å². The van der Waals surface area contributed by atoms with Crippen LogP contribution < -0.4 is 0 Å². The molecule has 220 valence electrons. The summed E-state index contributed by atoms with van der Waals surface area (Å²) in [6.45, 7) is 14.0. The van der Waals surface area contributed by atoms with Gasteiger partial charge in [0, 0.05) is 0 Å². The molecule has 0 saturated carbocycles. The van der Waals surface area contributed by atoms with E-state index in [0.717, 1.165) is 57.8 Å². The molecule has 0 radical (unpaired) electrons. The maximum absolute atomic E-state index is 13.1. The number of rotatable bonds is 24. The minimum atomic E-state index is -3.78. The van der Waals surface area contributed by atoms with Crippen molar-refractivity contribution in [2.24, 2.45) is 11.8 Å². The molecule has 0 saturated heterocycles. The molecule has 3 unspecified atom stereocenters. The van der Waals surface area contributed by atoms with Crippen molar-refractivity contribution in [1.82, 2.24) is 0 Å². The van der Waals surface area contributed by atoms with Crippen molar-refractivity contribution in [3.8, 4) is 0 Å². The van der Waals surface area contributed by atoms with Gasteiger partial charge in [-0.15, -0.1) is 0 Å². The van der Waals surface area contributed by atoms with E-state index in [1.165, 1.54) is 44.9 Å². The highest BCUT2D eigenvalue weighted by atomic mass is 31.2. The number of hydrogen-bond donors (Lipinski definition) is 2. The highest BCUT2D eigenvalue weighted by Gasteiger charge is 2.25. The summed E-state index contributed by atoms with van der Waals surface area (Å²) in [5.74, 6) is 0.711. The quantitative estimate of drug-likeness (QED) is 0.0907. The second kappa shape index (κ2) is 25.6. The molecule has 0 aromatic heterocycles. The molecular weight excluding hydrogens is 494 g/mol. The molecule has 36 heavy (non-hydrogen) atoms. The Labute approximate surface area is 224 Å². The lowest BCUT2D eigenvalue weighted by atomic mass is 10.0. The van der Waals surface area contributed by atoms with Gasteiger partial charge in [-0.25, -0.2) is 0 Å². The third-order valence-electron chi connectivity index (χ3n) is 6.66. The molecule has 0 aliphatic rings. The van der Waals surface area contributed by atoms with Gasteiger partial charge in [-0.1, -0.05) is 119 Å². The van der Waals surface area contributed by atoms with Crippen molar-refractivity contribution in [2.75, 3.05) is 25.5 Å². The molecule has 0 bridgehead atoms. The number of hydrogen-bond acceptors (Lipinski definition) is 4. The standard InChI is InChI=1S/C20H43O3P.C8H19O3P/c1-5-9-12-14-17-22-24(21,18-15-13-10-6-2)23-19-20(8-4)16-11-7-3;1-3-5-6-8(4-2)7-12(9,10)11/h20H,5-19H2,1-4H3;8H,3-7H2,1-2H3,(H2,9,10,11). The molecular formula is C28H62O6P2. The van der Waals surface area contributed by atoms with Crippen molar-refractivity contribution in [3.63, 3.8) is 0 Å². The Bertz CT molecular complexity index is 552. The maximum Gasteiger partial charge on any atom is 0.330 e. The van der Waals surface area contributed by atoms with Crippen molar-refractivity contribution in [2.45, 2.75) is 144 Å². The SMILES string of the molecule is CCCCC(CC)CP(=O)(O)O.CCCCCCOP(=O)(CCCCCC)OCC(CC)CCCC. The highest BCUT2D eigenvalue weighted by Crippen LogP contribution is 2.50. The highest BCUT2D eigenvalue weighted by molar-refractivity contribution is 7.53. The van der Waals surface area contributed by atoms with E-state index in [4.69, 9.17) is 18.8 Å². The molecule has 8 heteroatoms. The zero-order valence-electron chi connectivity index (χ0n) is 24.7. The van der Waals surface area contributed by atoms with Crippen LogP contribution in [0.3, 0.4) is 0 Å². The van der Waals surface area contributed by atoms with E-state index < -0.39 is 15.2 Å². The van der Waals surface area contributed by atoms with Crippen LogP contribution in [0.5, 0.6) is 0 Å². The topological polar surface area (TPSA) is 93.1 Å². The number of unbranched alkanes of at least 4 members (excludes halogenated alkanes) is 8. The van der Waals surface area contributed by atoms with E-state index in [1.807, 2.05) is 6.92 Å². The fraction of sp³-hybridized carbons (Fsp3) is 1.00. The minimum absolute atomic E-state index is 0.0590. The molecule has 0 aromatic rings. The zero-order valence-corrected chi connectivity index (χ0v) is 26.5. The van der Waals surface area contributed by atoms with Crippen molar-refractivity contribution < 1.29 is 28.0 Å². The average molecular weight is 557 g/mol. The van der Waals surface area contributed by atoms with E-state index >= 15 is 0 Å². The van der Waals surface area contributed by atoms with Crippen LogP contribution in [-0.4, -0.2) is 35.3 Å². The average Bonchev–Trinajstić information content (AvgIpc) is 2.84. The molecule has 0 spiro atoms. The summed E-state index contributed by atoms with van der Waals surface area (Å²) in [6, 6.07) is 0. The van der Waals surface area contributed by atoms with Crippen LogP contribution in [-0.2, 0) is 18.2 Å². The molecule has 0 aromatic carbocycles. The van der Waals surface area contributed by atoms with Crippen LogP contribution in [0.25, 0.3) is 0 Å². The van der Waals surface area contributed by atoms with E-state index in [-0.39, 0.29) is 12.1 Å². The lowest BCUT2D eigenvalue weighted by molar-refractivity contribution is 0.169. The molecule has 0 amide bonds. The third kappa shape index (κ3) is 25.9. The van der Waals surface area contributed by atoms with Gasteiger partial charge in [-0.05, 0) is 37.5 Å². The fourth-order valence-electron chi connectivity index (χ4n) is 4.00. The second-order valence-electron chi connectivity index (χ2n) is 10.3. The van der Waals surface area contributed by atoms with Crippen LogP contribution in [0.4, 0.5) is 0 Å². The largest absolute Gasteiger partial charge is 0.330 e. The Morgan fingerprint density at radius 2 is 1.11 bits per heavy atom. The van der Waals surface area contributed by atoms with Gasteiger partial charge in [0.1, 0.15) is 0 Å². The predicted octanol–water partition coefficient (Wildman–Crippen LogP) is 9.97. The summed E-state index contributed by atoms with van der Waals surface area (Å²) >= 11 is 0. The molecule has 0 fully saturated rings. The fourth-order valence-corrected chi connectivity index (χ4v) is 6.90. The molecule has 2 N–H and O–H groups in total. The molecule has 0 heterocycles. The third-order valence-corrected chi connectivity index (χ3v) is 9.64. The van der Waals surface area contributed by atoms with E-state index in [2.05, 4.69) is 34.6 Å². The molecule has 3 atom stereocenters. The first-order valence-corrected chi connectivity index (χ1v) is 18.6. The first-order chi connectivity index (χ1) is 17.1. The molecule has 0 aliphatic carbocycles. The Balaban J connectivity index is 0. The smallest absolute Gasteiger partial charge is 0.324 e. The monoisotopic (exact) mass is 556 g/mol. The zero-order chi connectivity index (χ0) is 27.7. The maximum atomic E-state index is 13.1. The normalized spacial score (nSPS) is 15.1. The van der Waals surface area contributed by atoms with Crippen LogP contribution in [0.15, 0.2) is 0 Å². The Morgan fingerprint density at radius 3 is 1.58 bits per heavy atom. The second-order valence-corrected chi connectivity index (χ2v) is 14.1. The predicted molar refractivity (Wildman–Crippen MR) is 156 cm³/mol. The van der Waals surface area contributed by atoms with Gasteiger partial charge < -0.3 is 18.8 Å². The van der Waals surface area contributed by atoms with Gasteiger partial charge in [0.2, 0.25) is 0 Å². The van der Waals surface area contributed by atoms with Gasteiger partial charge in [0.05, 0.1) is 25.5 Å². The van der Waals surface area contributed by atoms with E-state index in [9.17, 15) is 9.13 Å². The van der Waals surface area contributed by atoms with E-state index in [0.29, 0.717) is 25.3 Å².